The number of carbonyl (C=O) groups is 2. The fourth-order valence-electron chi connectivity index (χ4n) is 1.92. The zero-order valence-corrected chi connectivity index (χ0v) is 10.9. The summed E-state index contributed by atoms with van der Waals surface area (Å²) in [6.07, 6.45) is 1.06. The van der Waals surface area contributed by atoms with Gasteiger partial charge in [-0.1, -0.05) is 13.8 Å². The van der Waals surface area contributed by atoms with Crippen LogP contribution in [-0.2, 0) is 9.53 Å². The van der Waals surface area contributed by atoms with Crippen molar-refractivity contribution in [2.24, 2.45) is 5.92 Å². The number of likely N-dealkylation sites (tertiary alicyclic amines) is 1. The fraction of sp³-hybridized carbons (Fsp3) is 0.833. The first-order valence-electron chi connectivity index (χ1n) is 6.24. The summed E-state index contributed by atoms with van der Waals surface area (Å²) in [5.41, 5.74) is 0. The molecule has 0 aromatic heterocycles. The summed E-state index contributed by atoms with van der Waals surface area (Å²) in [4.78, 5) is 24.7. The highest BCUT2D eigenvalue weighted by Gasteiger charge is 2.27. The van der Waals surface area contributed by atoms with E-state index in [0.717, 1.165) is 6.42 Å². The Morgan fingerprint density at radius 1 is 1.47 bits per heavy atom. The SMILES string of the molecule is CCOC(=O)N1CCC(NC(=O)CC(C)C)C1. The summed E-state index contributed by atoms with van der Waals surface area (Å²) >= 11 is 0. The molecule has 1 fully saturated rings. The van der Waals surface area contributed by atoms with Crippen molar-refractivity contribution in [3.8, 4) is 0 Å². The van der Waals surface area contributed by atoms with Gasteiger partial charge in [0.2, 0.25) is 5.91 Å². The van der Waals surface area contributed by atoms with Crippen molar-refractivity contribution in [2.75, 3.05) is 19.7 Å². The number of nitrogens with one attached hydrogen (secondary N) is 1. The number of nitrogens with zero attached hydrogens (tertiary/aromatic N) is 1. The fourth-order valence-corrected chi connectivity index (χ4v) is 1.92. The van der Waals surface area contributed by atoms with Gasteiger partial charge in [-0.25, -0.2) is 4.79 Å². The molecule has 0 saturated carbocycles. The van der Waals surface area contributed by atoms with E-state index in [1.54, 1.807) is 11.8 Å². The van der Waals surface area contributed by atoms with Gasteiger partial charge < -0.3 is 15.0 Å². The molecule has 1 atom stereocenters. The van der Waals surface area contributed by atoms with Gasteiger partial charge in [0, 0.05) is 25.6 Å². The molecule has 0 spiro atoms. The van der Waals surface area contributed by atoms with Crippen LogP contribution in [0.4, 0.5) is 4.79 Å². The lowest BCUT2D eigenvalue weighted by molar-refractivity contribution is -0.122. The Balaban J connectivity index is 2.30. The van der Waals surface area contributed by atoms with E-state index in [4.69, 9.17) is 4.74 Å². The van der Waals surface area contributed by atoms with Crippen molar-refractivity contribution in [3.05, 3.63) is 0 Å². The van der Waals surface area contributed by atoms with Crippen molar-refractivity contribution >= 4 is 12.0 Å². The number of rotatable bonds is 4. The number of carbonyl (C=O) groups excluding carboxylic acids is 2. The minimum Gasteiger partial charge on any atom is -0.450 e. The van der Waals surface area contributed by atoms with Gasteiger partial charge in [-0.15, -0.1) is 0 Å². The molecule has 1 aliphatic heterocycles. The topological polar surface area (TPSA) is 58.6 Å². The van der Waals surface area contributed by atoms with E-state index < -0.39 is 0 Å². The van der Waals surface area contributed by atoms with Crippen LogP contribution in [0.1, 0.15) is 33.6 Å². The minimum atomic E-state index is -0.284. The summed E-state index contributed by atoms with van der Waals surface area (Å²) in [6.45, 7) is 7.42. The van der Waals surface area contributed by atoms with Gasteiger partial charge in [0.05, 0.1) is 6.61 Å². The summed E-state index contributed by atoms with van der Waals surface area (Å²) < 4.78 is 4.92. The van der Waals surface area contributed by atoms with Crippen molar-refractivity contribution in [1.82, 2.24) is 10.2 Å². The van der Waals surface area contributed by atoms with E-state index in [9.17, 15) is 9.59 Å². The quantitative estimate of drug-likeness (QED) is 0.810. The van der Waals surface area contributed by atoms with Gasteiger partial charge in [0.1, 0.15) is 0 Å². The zero-order chi connectivity index (χ0) is 12.8. The molecule has 1 aliphatic rings. The molecule has 1 N–H and O–H groups in total. The number of hydrogen-bond acceptors (Lipinski definition) is 3. The minimum absolute atomic E-state index is 0.0655. The second-order valence-corrected chi connectivity index (χ2v) is 4.80. The predicted molar refractivity (Wildman–Crippen MR) is 64.6 cm³/mol. The third-order valence-electron chi connectivity index (χ3n) is 2.67. The zero-order valence-electron chi connectivity index (χ0n) is 10.9. The molecule has 0 radical (unpaired) electrons. The molecule has 1 saturated heterocycles. The highest BCUT2D eigenvalue weighted by molar-refractivity contribution is 5.76. The lowest BCUT2D eigenvalue weighted by Gasteiger charge is -2.16. The molecule has 98 valence electrons. The predicted octanol–water partition coefficient (Wildman–Crippen LogP) is 1.38. The lowest BCUT2D eigenvalue weighted by atomic mass is 10.1. The summed E-state index contributed by atoms with van der Waals surface area (Å²) in [5.74, 6) is 0.424. The lowest BCUT2D eigenvalue weighted by Crippen LogP contribution is -2.38. The molecule has 17 heavy (non-hydrogen) atoms. The molecular weight excluding hydrogens is 220 g/mol. The van der Waals surface area contributed by atoms with E-state index in [0.29, 0.717) is 32.0 Å². The van der Waals surface area contributed by atoms with Gasteiger partial charge in [-0.3, -0.25) is 4.79 Å². The molecule has 1 rings (SSSR count). The van der Waals surface area contributed by atoms with E-state index in [1.807, 2.05) is 13.8 Å². The van der Waals surface area contributed by atoms with Crippen molar-refractivity contribution < 1.29 is 14.3 Å². The third-order valence-corrected chi connectivity index (χ3v) is 2.67. The largest absolute Gasteiger partial charge is 0.450 e. The molecule has 2 amide bonds. The van der Waals surface area contributed by atoms with E-state index >= 15 is 0 Å². The van der Waals surface area contributed by atoms with Crippen LogP contribution in [0.3, 0.4) is 0 Å². The number of ether oxygens (including phenoxy) is 1. The molecule has 0 bridgehead atoms. The van der Waals surface area contributed by atoms with E-state index in [2.05, 4.69) is 5.32 Å². The van der Waals surface area contributed by atoms with Crippen LogP contribution in [0.15, 0.2) is 0 Å². The summed E-state index contributed by atoms with van der Waals surface area (Å²) in [5, 5.41) is 2.95. The number of amides is 2. The highest BCUT2D eigenvalue weighted by Crippen LogP contribution is 2.11. The van der Waals surface area contributed by atoms with Crippen LogP contribution in [0.2, 0.25) is 0 Å². The Hall–Kier alpha value is -1.26. The third kappa shape index (κ3) is 4.63. The van der Waals surface area contributed by atoms with Crippen LogP contribution >= 0.6 is 0 Å². The molecule has 0 aliphatic carbocycles. The standard InChI is InChI=1S/C12H22N2O3/c1-4-17-12(16)14-6-5-10(8-14)13-11(15)7-9(2)3/h9-10H,4-8H2,1-3H3,(H,13,15). The van der Waals surface area contributed by atoms with Crippen LogP contribution < -0.4 is 5.32 Å². The molecular formula is C12H22N2O3. The Kier molecular flexibility index (Phi) is 5.25. The highest BCUT2D eigenvalue weighted by atomic mass is 16.6. The Morgan fingerprint density at radius 2 is 2.18 bits per heavy atom. The van der Waals surface area contributed by atoms with Crippen LogP contribution in [0.5, 0.6) is 0 Å². The maximum Gasteiger partial charge on any atom is 0.409 e. The second-order valence-electron chi connectivity index (χ2n) is 4.80. The summed E-state index contributed by atoms with van der Waals surface area (Å²) in [7, 11) is 0. The maximum absolute atomic E-state index is 11.6. The maximum atomic E-state index is 11.6. The average molecular weight is 242 g/mol. The smallest absolute Gasteiger partial charge is 0.409 e. The first-order valence-corrected chi connectivity index (χ1v) is 6.24. The van der Waals surface area contributed by atoms with E-state index in [-0.39, 0.29) is 18.0 Å². The van der Waals surface area contributed by atoms with Gasteiger partial charge in [0.25, 0.3) is 0 Å². The molecule has 5 heteroatoms. The van der Waals surface area contributed by atoms with Gasteiger partial charge in [-0.2, -0.15) is 0 Å². The molecule has 0 aromatic carbocycles. The van der Waals surface area contributed by atoms with Crippen molar-refractivity contribution in [1.29, 1.82) is 0 Å². The van der Waals surface area contributed by atoms with Crippen LogP contribution in [0.25, 0.3) is 0 Å². The summed E-state index contributed by atoms with van der Waals surface area (Å²) in [6, 6.07) is 0.0747. The van der Waals surface area contributed by atoms with Crippen LogP contribution in [-0.4, -0.2) is 42.6 Å². The van der Waals surface area contributed by atoms with Gasteiger partial charge in [-0.05, 0) is 19.3 Å². The molecule has 1 heterocycles. The first kappa shape index (κ1) is 13.8. The van der Waals surface area contributed by atoms with Gasteiger partial charge in [0.15, 0.2) is 0 Å². The monoisotopic (exact) mass is 242 g/mol. The second kappa shape index (κ2) is 6.47. The average Bonchev–Trinajstić information content (AvgIpc) is 2.65. The Labute approximate surface area is 102 Å². The first-order chi connectivity index (χ1) is 8.02. The number of hydrogen-bond donors (Lipinski definition) is 1. The normalized spacial score (nSPS) is 19.5. The van der Waals surface area contributed by atoms with Crippen molar-refractivity contribution in [2.45, 2.75) is 39.7 Å². The Bertz CT molecular complexity index is 279. The van der Waals surface area contributed by atoms with Gasteiger partial charge >= 0.3 is 6.09 Å². The molecule has 5 nitrogen and oxygen atoms in total. The van der Waals surface area contributed by atoms with E-state index in [1.165, 1.54) is 0 Å². The van der Waals surface area contributed by atoms with Crippen molar-refractivity contribution in [3.63, 3.8) is 0 Å². The Morgan fingerprint density at radius 3 is 2.76 bits per heavy atom. The van der Waals surface area contributed by atoms with Crippen LogP contribution in [0, 0.1) is 5.92 Å². The molecule has 0 aromatic rings. The molecule has 1 unspecified atom stereocenters.